The summed E-state index contributed by atoms with van der Waals surface area (Å²) in [5.41, 5.74) is 10.1. The van der Waals surface area contributed by atoms with Crippen LogP contribution in [0.4, 0.5) is 5.82 Å². The minimum Gasteiger partial charge on any atom is -0.383 e. The molecule has 3 aromatic heterocycles. The Labute approximate surface area is 207 Å². The first-order valence-corrected chi connectivity index (χ1v) is 11.8. The lowest BCUT2D eigenvalue weighted by atomic mass is 10.1. The van der Waals surface area contributed by atoms with Crippen LogP contribution in [0, 0.1) is 23.2 Å². The van der Waals surface area contributed by atoms with Crippen molar-refractivity contribution in [3.63, 3.8) is 0 Å². The van der Waals surface area contributed by atoms with Gasteiger partial charge in [0.05, 0.1) is 41.3 Å². The predicted molar refractivity (Wildman–Crippen MR) is 133 cm³/mol. The van der Waals surface area contributed by atoms with Gasteiger partial charge >= 0.3 is 0 Å². The summed E-state index contributed by atoms with van der Waals surface area (Å²) in [6.45, 7) is 3.98. The largest absolute Gasteiger partial charge is 0.383 e. The van der Waals surface area contributed by atoms with Crippen LogP contribution in [0.1, 0.15) is 49.0 Å². The molecule has 0 unspecified atom stereocenters. The molecule has 0 bridgehead atoms. The van der Waals surface area contributed by atoms with Crippen LogP contribution in [-0.4, -0.2) is 52.7 Å². The van der Waals surface area contributed by atoms with Crippen molar-refractivity contribution in [3.8, 4) is 17.9 Å². The van der Waals surface area contributed by atoms with Gasteiger partial charge in [0, 0.05) is 24.2 Å². The van der Waals surface area contributed by atoms with Crippen LogP contribution in [0.3, 0.4) is 0 Å². The van der Waals surface area contributed by atoms with E-state index in [4.69, 9.17) is 10.8 Å². The summed E-state index contributed by atoms with van der Waals surface area (Å²) in [6.07, 6.45) is 7.77. The topological polar surface area (TPSA) is 132 Å². The number of nitrogens with zero attached hydrogens (tertiary/aromatic N) is 8. The number of carbonyl (C=O) groups excluding carboxylic acids is 1. The van der Waals surface area contributed by atoms with Gasteiger partial charge in [0.2, 0.25) is 5.91 Å². The Hall–Kier alpha value is -4.70. The van der Waals surface area contributed by atoms with Crippen LogP contribution >= 0.6 is 0 Å². The fraction of sp³-hybridized carbons (Fsp3) is 0.308. The molecule has 1 saturated heterocycles. The molecule has 2 aliphatic rings. The molecule has 178 valence electrons. The predicted octanol–water partition coefficient (Wildman–Crippen LogP) is 2.73. The lowest BCUT2D eigenvalue weighted by molar-refractivity contribution is -0.126. The van der Waals surface area contributed by atoms with Gasteiger partial charge in [-0.2, -0.15) is 10.4 Å². The molecule has 2 N–H and O–H groups in total. The third-order valence-corrected chi connectivity index (χ3v) is 6.88. The van der Waals surface area contributed by atoms with Gasteiger partial charge in [-0.15, -0.1) is 0 Å². The quantitative estimate of drug-likeness (QED) is 0.353. The Morgan fingerprint density at radius 2 is 2.08 bits per heavy atom. The Bertz CT molecular complexity index is 1630. The second kappa shape index (κ2) is 8.51. The molecule has 2 atom stereocenters. The number of rotatable bonds is 4. The van der Waals surface area contributed by atoms with Crippen LogP contribution in [0.5, 0.6) is 0 Å². The van der Waals surface area contributed by atoms with Gasteiger partial charge in [-0.25, -0.2) is 19.6 Å². The van der Waals surface area contributed by atoms with Gasteiger partial charge in [0.15, 0.2) is 5.65 Å². The molecule has 0 radical (unpaired) electrons. The Balaban J connectivity index is 1.37. The van der Waals surface area contributed by atoms with E-state index >= 15 is 0 Å². The first-order chi connectivity index (χ1) is 17.6. The first kappa shape index (κ1) is 21.8. The van der Waals surface area contributed by atoms with E-state index in [1.807, 2.05) is 18.5 Å². The number of amides is 1. The van der Waals surface area contributed by atoms with Crippen LogP contribution in [0.2, 0.25) is 0 Å². The van der Waals surface area contributed by atoms with E-state index in [9.17, 15) is 10.1 Å². The molecule has 0 spiro atoms. The van der Waals surface area contributed by atoms with E-state index in [0.717, 1.165) is 16.6 Å². The van der Waals surface area contributed by atoms with E-state index in [1.165, 1.54) is 25.2 Å². The molecule has 36 heavy (non-hydrogen) atoms. The third kappa shape index (κ3) is 3.64. The number of carbonyl (C=O) groups is 1. The lowest BCUT2D eigenvalue weighted by Gasteiger charge is -2.20. The van der Waals surface area contributed by atoms with E-state index in [1.54, 1.807) is 9.58 Å². The Kier molecular flexibility index (Phi) is 5.15. The molecule has 1 aliphatic heterocycles. The average molecular weight is 478 g/mol. The van der Waals surface area contributed by atoms with Crippen molar-refractivity contribution in [3.05, 3.63) is 54.8 Å². The number of hydrogen-bond acceptors (Lipinski definition) is 7. The van der Waals surface area contributed by atoms with E-state index in [0.29, 0.717) is 41.6 Å². The number of nitrogen functional groups attached to an aromatic ring is 1. The average Bonchev–Trinajstić information content (AvgIpc) is 3.33. The number of anilines is 1. The van der Waals surface area contributed by atoms with Crippen LogP contribution < -0.4 is 5.73 Å². The first-order valence-electron chi connectivity index (χ1n) is 11.8. The molecular weight excluding hydrogens is 454 g/mol. The number of nitrogens with two attached hydrogens (primary N) is 1. The zero-order chi connectivity index (χ0) is 24.8. The van der Waals surface area contributed by atoms with E-state index in [2.05, 4.69) is 50.1 Å². The maximum Gasteiger partial charge on any atom is 0.246 e. The van der Waals surface area contributed by atoms with Crippen molar-refractivity contribution in [1.29, 1.82) is 5.26 Å². The molecular formula is C26H23N9O. The highest BCUT2D eigenvalue weighted by molar-refractivity contribution is 5.91. The number of likely N-dealkylation sites (tertiary alicyclic amines) is 1. The minimum atomic E-state index is -0.222. The molecule has 1 amide bonds. The number of benzene rings is 1. The van der Waals surface area contributed by atoms with Gasteiger partial charge in [-0.05, 0) is 49.5 Å². The van der Waals surface area contributed by atoms with E-state index in [-0.39, 0.29) is 24.4 Å². The minimum absolute atomic E-state index is 0.178. The van der Waals surface area contributed by atoms with Crippen LogP contribution in [0.25, 0.3) is 22.1 Å². The molecule has 10 nitrogen and oxygen atoms in total. The molecule has 1 aromatic carbocycles. The normalized spacial score (nSPS) is 19.2. The summed E-state index contributed by atoms with van der Waals surface area (Å²) in [4.78, 5) is 27.2. The SMILES string of the molecule is C=CC(=O)N1C[C@@H](n2nc(C#Cc3ccc4c(c3)ncn4C3CC3)c3c(N)ncnc32)C[C@@H]1CC#N. The number of fused-ring (bicyclic) bond motifs is 2. The van der Waals surface area contributed by atoms with Crippen LogP contribution in [0.15, 0.2) is 43.5 Å². The second-order valence-electron chi connectivity index (χ2n) is 9.19. The summed E-state index contributed by atoms with van der Waals surface area (Å²) < 4.78 is 3.99. The monoisotopic (exact) mass is 477 g/mol. The molecule has 2 fully saturated rings. The van der Waals surface area contributed by atoms with Crippen molar-refractivity contribution >= 4 is 33.8 Å². The lowest BCUT2D eigenvalue weighted by Crippen LogP contribution is -2.34. The fourth-order valence-electron chi connectivity index (χ4n) is 4.98. The van der Waals surface area contributed by atoms with Crippen molar-refractivity contribution < 1.29 is 4.79 Å². The number of hydrogen-bond donors (Lipinski definition) is 1. The Morgan fingerprint density at radius 1 is 1.22 bits per heavy atom. The van der Waals surface area contributed by atoms with Crippen molar-refractivity contribution in [2.24, 2.45) is 0 Å². The Morgan fingerprint density at radius 3 is 2.86 bits per heavy atom. The van der Waals surface area contributed by atoms with Crippen molar-refractivity contribution in [1.82, 2.24) is 34.2 Å². The molecule has 1 saturated carbocycles. The fourth-order valence-corrected chi connectivity index (χ4v) is 4.98. The van der Waals surface area contributed by atoms with Crippen LogP contribution in [-0.2, 0) is 4.79 Å². The zero-order valence-corrected chi connectivity index (χ0v) is 19.5. The molecule has 1 aliphatic carbocycles. The van der Waals surface area contributed by atoms with Gasteiger partial charge in [0.25, 0.3) is 0 Å². The summed E-state index contributed by atoms with van der Waals surface area (Å²) in [7, 11) is 0. The highest BCUT2D eigenvalue weighted by Gasteiger charge is 2.37. The van der Waals surface area contributed by atoms with Gasteiger partial charge in [0.1, 0.15) is 17.8 Å². The standard InChI is InChI=1S/C26H23N9O/c1-2-23(36)33-13-19(12-18(33)9-10-27)35-26-24(25(28)29-14-30-26)20(32-35)7-3-16-4-8-22-21(11-16)31-15-34(22)17-5-6-17/h2,4,8,11,14-15,17-19H,1,5-6,9,12-13H2,(H2,28,29,30)/t18-,19-/m0/s1. The van der Waals surface area contributed by atoms with Crippen molar-refractivity contribution in [2.45, 2.75) is 43.8 Å². The maximum atomic E-state index is 12.4. The third-order valence-electron chi connectivity index (χ3n) is 6.88. The van der Waals surface area contributed by atoms with Gasteiger partial charge < -0.3 is 15.2 Å². The summed E-state index contributed by atoms with van der Waals surface area (Å²) in [5, 5.41) is 14.6. The molecule has 6 rings (SSSR count). The van der Waals surface area contributed by atoms with E-state index < -0.39 is 0 Å². The van der Waals surface area contributed by atoms with Crippen molar-refractivity contribution in [2.75, 3.05) is 12.3 Å². The number of nitriles is 1. The van der Waals surface area contributed by atoms with Gasteiger partial charge in [-0.3, -0.25) is 4.79 Å². The second-order valence-corrected chi connectivity index (χ2v) is 9.19. The summed E-state index contributed by atoms with van der Waals surface area (Å²) in [5.74, 6) is 6.43. The highest BCUT2D eigenvalue weighted by atomic mass is 16.2. The van der Waals surface area contributed by atoms with Gasteiger partial charge in [-0.1, -0.05) is 12.5 Å². The zero-order valence-electron chi connectivity index (χ0n) is 19.5. The summed E-state index contributed by atoms with van der Waals surface area (Å²) in [6, 6.07) is 8.34. The maximum absolute atomic E-state index is 12.4. The molecule has 10 heteroatoms. The molecule has 4 aromatic rings. The summed E-state index contributed by atoms with van der Waals surface area (Å²) >= 11 is 0. The number of imidazole rings is 1. The smallest absolute Gasteiger partial charge is 0.246 e. The number of aromatic nitrogens is 6. The highest BCUT2D eigenvalue weighted by Crippen LogP contribution is 2.37. The molecule has 4 heterocycles.